The molecule has 2 N–H and O–H groups in total. The van der Waals surface area contributed by atoms with Crippen molar-refractivity contribution < 1.29 is 4.74 Å². The molecule has 0 aliphatic carbocycles. The summed E-state index contributed by atoms with van der Waals surface area (Å²) < 4.78 is 5.76. The molecule has 1 unspecified atom stereocenters. The van der Waals surface area contributed by atoms with E-state index in [0.717, 1.165) is 37.9 Å². The molecular formula is C19H32IN5O. The first-order valence-corrected chi connectivity index (χ1v) is 9.42. The number of aliphatic imine (C=N–C) groups is 1. The summed E-state index contributed by atoms with van der Waals surface area (Å²) in [5.74, 6) is 1.79. The maximum atomic E-state index is 5.76. The van der Waals surface area contributed by atoms with Gasteiger partial charge in [0.1, 0.15) is 12.4 Å². The molecule has 146 valence electrons. The number of rotatable bonds is 7. The van der Waals surface area contributed by atoms with Gasteiger partial charge in [-0.1, -0.05) is 17.7 Å². The lowest BCUT2D eigenvalue weighted by atomic mass is 10.1. The first kappa shape index (κ1) is 21.2. The van der Waals surface area contributed by atoms with Crippen molar-refractivity contribution in [3.8, 4) is 5.75 Å². The summed E-state index contributed by atoms with van der Waals surface area (Å²) in [6.07, 6.45) is 0. The van der Waals surface area contributed by atoms with Crippen LogP contribution in [0.15, 0.2) is 29.3 Å². The minimum absolute atomic E-state index is 0. The van der Waals surface area contributed by atoms with Gasteiger partial charge in [0, 0.05) is 45.3 Å². The van der Waals surface area contributed by atoms with Gasteiger partial charge in [-0.15, -0.1) is 24.0 Å². The third-order valence-corrected chi connectivity index (χ3v) is 4.88. The molecule has 0 spiro atoms. The molecule has 3 aliphatic heterocycles. The Bertz CT molecular complexity index is 558. The monoisotopic (exact) mass is 473 g/mol. The van der Waals surface area contributed by atoms with Gasteiger partial charge in [0.05, 0.1) is 13.1 Å². The molecule has 1 aromatic carbocycles. The first-order valence-electron chi connectivity index (χ1n) is 9.42. The summed E-state index contributed by atoms with van der Waals surface area (Å²) >= 11 is 0. The van der Waals surface area contributed by atoms with Crippen LogP contribution in [0.4, 0.5) is 0 Å². The van der Waals surface area contributed by atoms with Crippen LogP contribution in [-0.4, -0.2) is 80.8 Å². The average Bonchev–Trinajstić information content (AvgIpc) is 2.65. The molecule has 1 atom stereocenters. The van der Waals surface area contributed by atoms with E-state index in [1.807, 2.05) is 12.1 Å². The fourth-order valence-electron chi connectivity index (χ4n) is 3.41. The molecule has 4 rings (SSSR count). The van der Waals surface area contributed by atoms with Gasteiger partial charge in [0.25, 0.3) is 0 Å². The van der Waals surface area contributed by atoms with Crippen molar-refractivity contribution in [1.29, 1.82) is 0 Å². The molecule has 3 fully saturated rings. The van der Waals surface area contributed by atoms with E-state index in [-0.39, 0.29) is 24.0 Å². The zero-order chi connectivity index (χ0) is 17.5. The Balaban J connectivity index is 0.00000243. The van der Waals surface area contributed by atoms with Gasteiger partial charge in [-0.2, -0.15) is 0 Å². The Kier molecular flexibility index (Phi) is 8.94. The molecule has 3 saturated heterocycles. The Labute approximate surface area is 174 Å². The Morgan fingerprint density at radius 2 is 1.88 bits per heavy atom. The number of hydrogen-bond donors (Lipinski definition) is 2. The third-order valence-electron chi connectivity index (χ3n) is 4.88. The minimum Gasteiger partial charge on any atom is -0.492 e. The van der Waals surface area contributed by atoms with E-state index in [1.165, 1.54) is 31.7 Å². The molecule has 3 heterocycles. The summed E-state index contributed by atoms with van der Waals surface area (Å²) in [7, 11) is 0. The number of nitrogens with one attached hydrogen (secondary N) is 2. The van der Waals surface area contributed by atoms with Crippen LogP contribution in [0.5, 0.6) is 5.75 Å². The Morgan fingerprint density at radius 1 is 1.15 bits per heavy atom. The summed E-state index contributed by atoms with van der Waals surface area (Å²) in [5, 5.41) is 6.69. The van der Waals surface area contributed by atoms with E-state index in [2.05, 4.69) is 46.4 Å². The number of nitrogens with zero attached hydrogens (tertiary/aromatic N) is 3. The lowest BCUT2D eigenvalue weighted by Gasteiger charge is -2.47. The van der Waals surface area contributed by atoms with E-state index >= 15 is 0 Å². The number of hydrogen-bond acceptors (Lipinski definition) is 4. The number of piperazine rings is 3. The van der Waals surface area contributed by atoms with Crippen molar-refractivity contribution in [2.75, 3.05) is 59.0 Å². The summed E-state index contributed by atoms with van der Waals surface area (Å²) in [4.78, 5) is 9.91. The lowest BCUT2D eigenvalue weighted by Crippen LogP contribution is -2.62. The average molecular weight is 473 g/mol. The van der Waals surface area contributed by atoms with Crippen molar-refractivity contribution in [1.82, 2.24) is 20.4 Å². The predicted octanol–water partition coefficient (Wildman–Crippen LogP) is 1.55. The van der Waals surface area contributed by atoms with Crippen LogP contribution < -0.4 is 15.4 Å². The number of benzene rings is 1. The zero-order valence-electron chi connectivity index (χ0n) is 15.9. The zero-order valence-corrected chi connectivity index (χ0v) is 18.2. The third kappa shape index (κ3) is 6.28. The topological polar surface area (TPSA) is 52.1 Å². The smallest absolute Gasteiger partial charge is 0.191 e. The molecule has 0 aromatic heterocycles. The molecule has 7 heteroatoms. The molecule has 2 bridgehead atoms. The predicted molar refractivity (Wildman–Crippen MR) is 118 cm³/mol. The van der Waals surface area contributed by atoms with Gasteiger partial charge in [-0.25, -0.2) is 0 Å². The molecule has 0 amide bonds. The number of halogens is 1. The van der Waals surface area contributed by atoms with Crippen LogP contribution >= 0.6 is 24.0 Å². The molecule has 0 saturated carbocycles. The SMILES string of the molecule is CCNC(=NCC1CN2CCN1CC2)NCCOc1ccc(C)cc1.I. The van der Waals surface area contributed by atoms with Crippen LogP contribution in [-0.2, 0) is 0 Å². The molecule has 0 radical (unpaired) electrons. The molecular weight excluding hydrogens is 441 g/mol. The number of ether oxygens (including phenoxy) is 1. The maximum absolute atomic E-state index is 5.76. The Morgan fingerprint density at radius 3 is 2.50 bits per heavy atom. The normalized spacial score (nSPS) is 24.7. The second-order valence-corrected chi connectivity index (χ2v) is 6.80. The van der Waals surface area contributed by atoms with E-state index in [9.17, 15) is 0 Å². The van der Waals surface area contributed by atoms with E-state index < -0.39 is 0 Å². The van der Waals surface area contributed by atoms with Crippen LogP contribution in [0.25, 0.3) is 0 Å². The van der Waals surface area contributed by atoms with E-state index in [4.69, 9.17) is 9.73 Å². The van der Waals surface area contributed by atoms with Crippen molar-refractivity contribution >= 4 is 29.9 Å². The van der Waals surface area contributed by atoms with Crippen molar-refractivity contribution in [3.05, 3.63) is 29.8 Å². The Hall–Kier alpha value is -1.06. The molecule has 1 aromatic rings. The highest BCUT2D eigenvalue weighted by molar-refractivity contribution is 14.0. The molecule has 3 aliphatic rings. The second-order valence-electron chi connectivity index (χ2n) is 6.80. The van der Waals surface area contributed by atoms with Crippen molar-refractivity contribution in [2.24, 2.45) is 4.99 Å². The quantitative estimate of drug-likeness (QED) is 0.273. The highest BCUT2D eigenvalue weighted by Gasteiger charge is 2.31. The van der Waals surface area contributed by atoms with Gasteiger partial charge in [0.2, 0.25) is 0 Å². The number of aryl methyl sites for hydroxylation is 1. The fraction of sp³-hybridized carbons (Fsp3) is 0.632. The van der Waals surface area contributed by atoms with Gasteiger partial charge in [0.15, 0.2) is 5.96 Å². The summed E-state index contributed by atoms with van der Waals surface area (Å²) in [6.45, 7) is 13.2. The van der Waals surface area contributed by atoms with Crippen LogP contribution in [0.3, 0.4) is 0 Å². The number of fused-ring (bicyclic) bond motifs is 3. The van der Waals surface area contributed by atoms with E-state index in [1.54, 1.807) is 0 Å². The van der Waals surface area contributed by atoms with Gasteiger partial charge >= 0.3 is 0 Å². The summed E-state index contributed by atoms with van der Waals surface area (Å²) in [5.41, 5.74) is 1.25. The fourth-order valence-corrected chi connectivity index (χ4v) is 3.41. The van der Waals surface area contributed by atoms with Crippen LogP contribution in [0, 0.1) is 6.92 Å². The number of guanidine groups is 1. The van der Waals surface area contributed by atoms with Crippen molar-refractivity contribution in [2.45, 2.75) is 19.9 Å². The highest BCUT2D eigenvalue weighted by Crippen LogP contribution is 2.15. The largest absolute Gasteiger partial charge is 0.492 e. The van der Waals surface area contributed by atoms with Gasteiger partial charge in [-0.05, 0) is 26.0 Å². The molecule has 26 heavy (non-hydrogen) atoms. The standard InChI is InChI=1S/C19H31N5O.HI/c1-3-20-19(21-8-13-25-18-6-4-16(2)5-7-18)22-14-17-15-23-9-11-24(17)12-10-23;/h4-7,17H,3,8-15H2,1-2H3,(H2,20,21,22);1H. The highest BCUT2D eigenvalue weighted by atomic mass is 127. The maximum Gasteiger partial charge on any atom is 0.191 e. The van der Waals surface area contributed by atoms with Crippen LogP contribution in [0.2, 0.25) is 0 Å². The minimum atomic E-state index is 0. The first-order chi connectivity index (χ1) is 12.2. The molecule has 6 nitrogen and oxygen atoms in total. The summed E-state index contributed by atoms with van der Waals surface area (Å²) in [6, 6.07) is 8.71. The van der Waals surface area contributed by atoms with Gasteiger partial charge in [-0.3, -0.25) is 14.8 Å². The van der Waals surface area contributed by atoms with E-state index in [0.29, 0.717) is 12.6 Å². The second kappa shape index (κ2) is 10.9. The lowest BCUT2D eigenvalue weighted by molar-refractivity contribution is 0.0174. The van der Waals surface area contributed by atoms with Crippen molar-refractivity contribution in [3.63, 3.8) is 0 Å². The van der Waals surface area contributed by atoms with Crippen LogP contribution in [0.1, 0.15) is 12.5 Å². The van der Waals surface area contributed by atoms with Gasteiger partial charge < -0.3 is 15.4 Å².